The van der Waals surface area contributed by atoms with Gasteiger partial charge >= 0.3 is 0 Å². The molecule has 0 aliphatic carbocycles. The fraction of sp³-hybridized carbons (Fsp3) is 0.208. The Kier molecular flexibility index (Phi) is 5.69. The van der Waals surface area contributed by atoms with Gasteiger partial charge in [0.25, 0.3) is 0 Å². The fourth-order valence-corrected chi connectivity index (χ4v) is 3.68. The standard InChI is InChI=1S/C24H25N3O/c28-23-13-11-20(12-14-23)19-25-27-17-15-26(16-18-27)24(21-7-3-1-4-8-21)22-9-5-2-6-10-22/h1-14,19,24,28H,15-18H2. The van der Waals surface area contributed by atoms with Crippen molar-refractivity contribution >= 4 is 6.21 Å². The van der Waals surface area contributed by atoms with Gasteiger partial charge < -0.3 is 5.11 Å². The summed E-state index contributed by atoms with van der Waals surface area (Å²) in [5.74, 6) is 0.277. The van der Waals surface area contributed by atoms with E-state index in [1.807, 2.05) is 18.3 Å². The van der Waals surface area contributed by atoms with Crippen molar-refractivity contribution in [3.8, 4) is 5.75 Å². The first-order chi connectivity index (χ1) is 13.8. The van der Waals surface area contributed by atoms with Gasteiger partial charge in [0.15, 0.2) is 0 Å². The van der Waals surface area contributed by atoms with Crippen molar-refractivity contribution in [1.82, 2.24) is 9.91 Å². The fourth-order valence-electron chi connectivity index (χ4n) is 3.68. The second-order valence-electron chi connectivity index (χ2n) is 7.05. The summed E-state index contributed by atoms with van der Waals surface area (Å²) in [4.78, 5) is 2.54. The van der Waals surface area contributed by atoms with Gasteiger partial charge in [-0.15, -0.1) is 0 Å². The monoisotopic (exact) mass is 371 g/mol. The zero-order valence-electron chi connectivity index (χ0n) is 15.9. The topological polar surface area (TPSA) is 39.1 Å². The van der Waals surface area contributed by atoms with Crippen molar-refractivity contribution in [2.75, 3.05) is 26.2 Å². The van der Waals surface area contributed by atoms with Gasteiger partial charge in [0, 0.05) is 26.2 Å². The largest absolute Gasteiger partial charge is 0.508 e. The quantitative estimate of drug-likeness (QED) is 0.686. The Hall–Kier alpha value is -3.11. The van der Waals surface area contributed by atoms with Gasteiger partial charge in [-0.05, 0) is 41.0 Å². The molecular weight excluding hydrogens is 346 g/mol. The van der Waals surface area contributed by atoms with Gasteiger partial charge in [0.2, 0.25) is 0 Å². The van der Waals surface area contributed by atoms with Crippen LogP contribution in [0.15, 0.2) is 90.0 Å². The lowest BCUT2D eigenvalue weighted by Crippen LogP contribution is -2.45. The summed E-state index contributed by atoms with van der Waals surface area (Å²) in [6.45, 7) is 3.71. The summed E-state index contributed by atoms with van der Waals surface area (Å²) < 4.78 is 0. The molecule has 0 aromatic heterocycles. The minimum atomic E-state index is 0.269. The minimum absolute atomic E-state index is 0.269. The summed E-state index contributed by atoms with van der Waals surface area (Å²) >= 11 is 0. The molecule has 0 atom stereocenters. The van der Waals surface area contributed by atoms with Gasteiger partial charge in [0.1, 0.15) is 5.75 Å². The van der Waals surface area contributed by atoms with Crippen molar-refractivity contribution in [1.29, 1.82) is 0 Å². The molecule has 1 heterocycles. The molecule has 3 aromatic rings. The number of aromatic hydroxyl groups is 1. The van der Waals surface area contributed by atoms with Crippen LogP contribution in [0.5, 0.6) is 5.75 Å². The summed E-state index contributed by atoms with van der Waals surface area (Å²) in [7, 11) is 0. The number of phenolic OH excluding ortho intramolecular Hbond substituents is 1. The van der Waals surface area contributed by atoms with E-state index < -0.39 is 0 Å². The Morgan fingerprint density at radius 1 is 0.714 bits per heavy atom. The van der Waals surface area contributed by atoms with E-state index in [1.54, 1.807) is 12.1 Å². The van der Waals surface area contributed by atoms with E-state index in [-0.39, 0.29) is 11.8 Å². The van der Waals surface area contributed by atoms with Crippen molar-refractivity contribution in [2.45, 2.75) is 6.04 Å². The Bertz CT molecular complexity index is 847. The van der Waals surface area contributed by atoms with Crippen LogP contribution in [0.3, 0.4) is 0 Å². The molecule has 0 spiro atoms. The first kappa shape index (κ1) is 18.3. The van der Waals surface area contributed by atoms with E-state index in [0.717, 1.165) is 31.7 Å². The molecule has 142 valence electrons. The number of benzene rings is 3. The smallest absolute Gasteiger partial charge is 0.115 e. The average molecular weight is 371 g/mol. The van der Waals surface area contributed by atoms with Crippen LogP contribution in [-0.4, -0.2) is 47.4 Å². The van der Waals surface area contributed by atoms with Crippen LogP contribution < -0.4 is 0 Å². The average Bonchev–Trinajstić information content (AvgIpc) is 2.76. The number of rotatable bonds is 5. The normalized spacial score (nSPS) is 15.4. The number of hydrazone groups is 1. The zero-order valence-corrected chi connectivity index (χ0v) is 15.9. The number of hydrogen-bond acceptors (Lipinski definition) is 4. The molecule has 0 bridgehead atoms. The van der Waals surface area contributed by atoms with E-state index >= 15 is 0 Å². The Labute approximate surface area is 166 Å². The van der Waals surface area contributed by atoms with Crippen LogP contribution >= 0.6 is 0 Å². The molecule has 1 N–H and O–H groups in total. The highest BCUT2D eigenvalue weighted by atomic mass is 16.3. The summed E-state index contributed by atoms with van der Waals surface area (Å²) in [6.07, 6.45) is 1.86. The molecule has 3 aromatic carbocycles. The summed E-state index contributed by atoms with van der Waals surface area (Å²) in [5.41, 5.74) is 3.65. The lowest BCUT2D eigenvalue weighted by atomic mass is 9.96. The molecule has 1 saturated heterocycles. The molecule has 1 fully saturated rings. The molecule has 4 nitrogen and oxygen atoms in total. The van der Waals surface area contributed by atoms with Crippen LogP contribution in [0.4, 0.5) is 0 Å². The van der Waals surface area contributed by atoms with E-state index in [1.165, 1.54) is 11.1 Å². The number of phenols is 1. The minimum Gasteiger partial charge on any atom is -0.508 e. The van der Waals surface area contributed by atoms with Gasteiger partial charge in [-0.25, -0.2) is 0 Å². The van der Waals surface area contributed by atoms with Crippen molar-refractivity contribution in [3.63, 3.8) is 0 Å². The first-order valence-corrected chi connectivity index (χ1v) is 9.71. The van der Waals surface area contributed by atoms with Gasteiger partial charge in [-0.3, -0.25) is 9.91 Å². The van der Waals surface area contributed by atoms with Crippen molar-refractivity contribution in [2.24, 2.45) is 5.10 Å². The lowest BCUT2D eigenvalue weighted by molar-refractivity contribution is 0.113. The second-order valence-corrected chi connectivity index (χ2v) is 7.05. The van der Waals surface area contributed by atoms with Gasteiger partial charge in [-0.2, -0.15) is 5.10 Å². The molecule has 1 aliphatic heterocycles. The molecule has 28 heavy (non-hydrogen) atoms. The molecule has 0 radical (unpaired) electrons. The maximum absolute atomic E-state index is 9.38. The van der Waals surface area contributed by atoms with Crippen LogP contribution in [0.25, 0.3) is 0 Å². The summed E-state index contributed by atoms with van der Waals surface area (Å²) in [6, 6.07) is 28.8. The van der Waals surface area contributed by atoms with E-state index in [4.69, 9.17) is 0 Å². The molecule has 0 unspecified atom stereocenters. The third-order valence-corrected chi connectivity index (χ3v) is 5.15. The Morgan fingerprint density at radius 2 is 1.25 bits per heavy atom. The molecule has 1 aliphatic rings. The summed E-state index contributed by atoms with van der Waals surface area (Å²) in [5, 5.41) is 16.1. The number of hydrogen-bond donors (Lipinski definition) is 1. The Morgan fingerprint density at radius 3 is 1.79 bits per heavy atom. The third kappa shape index (κ3) is 4.41. The van der Waals surface area contributed by atoms with Gasteiger partial charge in [0.05, 0.1) is 12.3 Å². The number of piperazine rings is 1. The predicted molar refractivity (Wildman–Crippen MR) is 114 cm³/mol. The van der Waals surface area contributed by atoms with Gasteiger partial charge in [-0.1, -0.05) is 60.7 Å². The molecule has 4 rings (SSSR count). The van der Waals surface area contributed by atoms with Crippen LogP contribution in [0, 0.1) is 0 Å². The van der Waals surface area contributed by atoms with Crippen LogP contribution in [0.1, 0.15) is 22.7 Å². The molecular formula is C24H25N3O. The van der Waals surface area contributed by atoms with E-state index in [0.29, 0.717) is 0 Å². The highest BCUT2D eigenvalue weighted by molar-refractivity contribution is 5.79. The molecule has 4 heteroatoms. The SMILES string of the molecule is Oc1ccc(C=NN2CCN(C(c3ccccc3)c3ccccc3)CC2)cc1. The third-order valence-electron chi connectivity index (χ3n) is 5.15. The van der Waals surface area contributed by atoms with E-state index in [2.05, 4.69) is 75.7 Å². The van der Waals surface area contributed by atoms with E-state index in [9.17, 15) is 5.11 Å². The number of nitrogens with zero attached hydrogens (tertiary/aromatic N) is 3. The zero-order chi connectivity index (χ0) is 19.2. The van der Waals surface area contributed by atoms with Crippen molar-refractivity contribution in [3.05, 3.63) is 102 Å². The van der Waals surface area contributed by atoms with Crippen LogP contribution in [0.2, 0.25) is 0 Å². The highest BCUT2D eigenvalue weighted by Gasteiger charge is 2.25. The van der Waals surface area contributed by atoms with Crippen LogP contribution in [-0.2, 0) is 0 Å². The second kappa shape index (κ2) is 8.72. The molecule has 0 saturated carbocycles. The van der Waals surface area contributed by atoms with Crippen molar-refractivity contribution < 1.29 is 5.11 Å². The molecule has 0 amide bonds. The predicted octanol–water partition coefficient (Wildman–Crippen LogP) is 4.13. The highest BCUT2D eigenvalue weighted by Crippen LogP contribution is 2.29. The Balaban J connectivity index is 1.45. The maximum atomic E-state index is 9.38. The lowest BCUT2D eigenvalue weighted by Gasteiger charge is -2.38. The maximum Gasteiger partial charge on any atom is 0.115 e. The first-order valence-electron chi connectivity index (χ1n) is 9.71.